The lowest BCUT2D eigenvalue weighted by Crippen LogP contribution is -2.19. The minimum Gasteiger partial charge on any atom is -0.454 e. The summed E-state index contributed by atoms with van der Waals surface area (Å²) < 4.78 is 10.7. The van der Waals surface area contributed by atoms with Crippen LogP contribution >= 0.6 is 0 Å². The molecule has 0 amide bonds. The van der Waals surface area contributed by atoms with Crippen molar-refractivity contribution in [1.29, 1.82) is 5.26 Å². The first-order valence-corrected chi connectivity index (χ1v) is 7.06. The average Bonchev–Trinajstić information content (AvgIpc) is 2.94. The monoisotopic (exact) mass is 295 g/mol. The molecule has 22 heavy (non-hydrogen) atoms. The van der Waals surface area contributed by atoms with Crippen LogP contribution in [-0.4, -0.2) is 18.8 Å². The lowest BCUT2D eigenvalue weighted by Gasteiger charge is -2.21. The number of nitrogens with zero attached hydrogens (tertiary/aromatic N) is 3. The molecule has 2 heterocycles. The van der Waals surface area contributed by atoms with Crippen molar-refractivity contribution >= 4 is 5.82 Å². The van der Waals surface area contributed by atoms with Crippen molar-refractivity contribution in [3.05, 3.63) is 46.6 Å². The fourth-order valence-electron chi connectivity index (χ4n) is 2.62. The van der Waals surface area contributed by atoms with Crippen LogP contribution in [0.5, 0.6) is 11.5 Å². The van der Waals surface area contributed by atoms with Crippen molar-refractivity contribution in [3.8, 4) is 17.6 Å². The average molecular weight is 295 g/mol. The lowest BCUT2D eigenvalue weighted by atomic mass is 10.1. The molecule has 0 spiro atoms. The van der Waals surface area contributed by atoms with Gasteiger partial charge in [-0.2, -0.15) is 5.26 Å². The maximum atomic E-state index is 9.38. The third kappa shape index (κ3) is 2.56. The Hall–Kier alpha value is -2.74. The lowest BCUT2D eigenvalue weighted by molar-refractivity contribution is 0.174. The van der Waals surface area contributed by atoms with Crippen molar-refractivity contribution in [2.24, 2.45) is 0 Å². The van der Waals surface area contributed by atoms with Gasteiger partial charge < -0.3 is 14.4 Å². The SMILES string of the molecule is Cc1cc(C)c(C#N)c(N(C)Cc2ccc3c(c2)OCO3)n1. The summed E-state index contributed by atoms with van der Waals surface area (Å²) in [5, 5.41) is 9.38. The first kappa shape index (κ1) is 14.2. The molecule has 0 unspecified atom stereocenters. The second kappa shape index (κ2) is 5.57. The van der Waals surface area contributed by atoms with E-state index in [9.17, 15) is 5.26 Å². The molecule has 1 aromatic heterocycles. The van der Waals surface area contributed by atoms with E-state index in [1.165, 1.54) is 0 Å². The number of hydrogen-bond donors (Lipinski definition) is 0. The molecule has 0 aliphatic carbocycles. The number of nitriles is 1. The van der Waals surface area contributed by atoms with Crippen LogP contribution in [-0.2, 0) is 6.54 Å². The first-order valence-electron chi connectivity index (χ1n) is 7.06. The highest BCUT2D eigenvalue weighted by atomic mass is 16.7. The van der Waals surface area contributed by atoms with Gasteiger partial charge >= 0.3 is 0 Å². The van der Waals surface area contributed by atoms with Gasteiger partial charge in [-0.3, -0.25) is 0 Å². The molecule has 1 aliphatic rings. The van der Waals surface area contributed by atoms with Crippen molar-refractivity contribution in [2.45, 2.75) is 20.4 Å². The molecular weight excluding hydrogens is 278 g/mol. The van der Waals surface area contributed by atoms with E-state index in [2.05, 4.69) is 11.1 Å². The summed E-state index contributed by atoms with van der Waals surface area (Å²) >= 11 is 0. The summed E-state index contributed by atoms with van der Waals surface area (Å²) in [4.78, 5) is 6.50. The Bertz CT molecular complexity index is 765. The van der Waals surface area contributed by atoms with Gasteiger partial charge in [-0.05, 0) is 43.2 Å². The van der Waals surface area contributed by atoms with Crippen molar-refractivity contribution in [3.63, 3.8) is 0 Å². The van der Waals surface area contributed by atoms with Crippen molar-refractivity contribution < 1.29 is 9.47 Å². The number of aromatic nitrogens is 1. The molecule has 0 N–H and O–H groups in total. The number of pyridine rings is 1. The summed E-state index contributed by atoms with van der Waals surface area (Å²) in [5.74, 6) is 2.24. The molecule has 0 saturated carbocycles. The zero-order valence-electron chi connectivity index (χ0n) is 12.9. The van der Waals surface area contributed by atoms with Gasteiger partial charge in [0.1, 0.15) is 11.9 Å². The van der Waals surface area contributed by atoms with Crippen LogP contribution in [0.2, 0.25) is 0 Å². The quantitative estimate of drug-likeness (QED) is 0.871. The van der Waals surface area contributed by atoms with E-state index in [-0.39, 0.29) is 6.79 Å². The maximum Gasteiger partial charge on any atom is 0.231 e. The minimum atomic E-state index is 0.270. The second-order valence-electron chi connectivity index (χ2n) is 5.43. The fraction of sp³-hybridized carbons (Fsp3) is 0.294. The summed E-state index contributed by atoms with van der Waals surface area (Å²) in [6.45, 7) is 4.78. The number of ether oxygens (including phenoxy) is 2. The Labute approximate surface area is 129 Å². The van der Waals surface area contributed by atoms with E-state index in [1.807, 2.05) is 50.1 Å². The van der Waals surface area contributed by atoms with Crippen LogP contribution in [0.15, 0.2) is 24.3 Å². The Balaban J connectivity index is 1.89. The molecule has 2 aromatic rings. The zero-order valence-corrected chi connectivity index (χ0v) is 12.9. The van der Waals surface area contributed by atoms with Crippen LogP contribution < -0.4 is 14.4 Å². The highest BCUT2D eigenvalue weighted by Gasteiger charge is 2.16. The van der Waals surface area contributed by atoms with Gasteiger partial charge in [-0.1, -0.05) is 6.07 Å². The third-order valence-electron chi connectivity index (χ3n) is 3.66. The Morgan fingerprint density at radius 2 is 2.00 bits per heavy atom. The number of aryl methyl sites for hydroxylation is 2. The summed E-state index contributed by atoms with van der Waals surface area (Å²) in [6.07, 6.45) is 0. The van der Waals surface area contributed by atoms with Crippen molar-refractivity contribution in [2.75, 3.05) is 18.7 Å². The standard InChI is InChI=1S/C17H17N3O2/c1-11-6-12(2)19-17(14(11)8-18)20(3)9-13-4-5-15-16(7-13)22-10-21-15/h4-7H,9-10H2,1-3H3. The van der Waals surface area contributed by atoms with Crippen LogP contribution in [0, 0.1) is 25.2 Å². The van der Waals surface area contributed by atoms with E-state index < -0.39 is 0 Å². The summed E-state index contributed by atoms with van der Waals surface area (Å²) in [7, 11) is 1.94. The summed E-state index contributed by atoms with van der Waals surface area (Å²) in [5.41, 5.74) is 3.55. The molecule has 112 valence electrons. The molecule has 0 atom stereocenters. The highest BCUT2D eigenvalue weighted by molar-refractivity contribution is 5.58. The molecule has 3 rings (SSSR count). The van der Waals surface area contributed by atoms with E-state index in [0.717, 1.165) is 28.3 Å². The second-order valence-corrected chi connectivity index (χ2v) is 5.43. The highest BCUT2D eigenvalue weighted by Crippen LogP contribution is 2.33. The van der Waals surface area contributed by atoms with Crippen molar-refractivity contribution in [1.82, 2.24) is 4.98 Å². The zero-order chi connectivity index (χ0) is 15.7. The largest absolute Gasteiger partial charge is 0.454 e. The molecule has 0 bridgehead atoms. The Morgan fingerprint density at radius 3 is 2.77 bits per heavy atom. The molecule has 0 saturated heterocycles. The predicted molar refractivity (Wildman–Crippen MR) is 83.1 cm³/mol. The van der Waals surface area contributed by atoms with E-state index in [1.54, 1.807) is 0 Å². The van der Waals surface area contributed by atoms with Gasteiger partial charge in [0.05, 0.1) is 5.56 Å². The number of benzene rings is 1. The van der Waals surface area contributed by atoms with E-state index >= 15 is 0 Å². The molecule has 1 aliphatic heterocycles. The first-order chi connectivity index (χ1) is 10.6. The van der Waals surface area contributed by atoms with Crippen LogP contribution in [0.4, 0.5) is 5.82 Å². The summed E-state index contributed by atoms with van der Waals surface area (Å²) in [6, 6.07) is 10.1. The maximum absolute atomic E-state index is 9.38. The topological polar surface area (TPSA) is 58.4 Å². The number of rotatable bonds is 3. The van der Waals surface area contributed by atoms with Gasteiger partial charge in [0.2, 0.25) is 6.79 Å². The molecule has 1 aromatic carbocycles. The van der Waals surface area contributed by atoms with Gasteiger partial charge in [0.25, 0.3) is 0 Å². The Morgan fingerprint density at radius 1 is 1.23 bits per heavy atom. The van der Waals surface area contributed by atoms with Crippen LogP contribution in [0.25, 0.3) is 0 Å². The molecule has 0 fully saturated rings. The number of fused-ring (bicyclic) bond motifs is 1. The molecule has 5 heteroatoms. The van der Waals surface area contributed by atoms with Gasteiger partial charge in [0, 0.05) is 19.3 Å². The van der Waals surface area contributed by atoms with Gasteiger partial charge in [-0.15, -0.1) is 0 Å². The minimum absolute atomic E-state index is 0.270. The smallest absolute Gasteiger partial charge is 0.231 e. The fourth-order valence-corrected chi connectivity index (χ4v) is 2.62. The third-order valence-corrected chi connectivity index (χ3v) is 3.66. The van der Waals surface area contributed by atoms with Gasteiger partial charge in [0.15, 0.2) is 11.5 Å². The van der Waals surface area contributed by atoms with E-state index in [4.69, 9.17) is 9.47 Å². The number of anilines is 1. The van der Waals surface area contributed by atoms with Crippen LogP contribution in [0.3, 0.4) is 0 Å². The number of hydrogen-bond acceptors (Lipinski definition) is 5. The van der Waals surface area contributed by atoms with E-state index in [0.29, 0.717) is 17.9 Å². The van der Waals surface area contributed by atoms with Gasteiger partial charge in [-0.25, -0.2) is 4.98 Å². The normalized spacial score (nSPS) is 12.1. The van der Waals surface area contributed by atoms with Crippen LogP contribution in [0.1, 0.15) is 22.4 Å². The molecular formula is C17H17N3O2. The Kier molecular flexibility index (Phi) is 3.60. The predicted octanol–water partition coefficient (Wildman–Crippen LogP) is 2.94. The molecule has 0 radical (unpaired) electrons. The molecule has 5 nitrogen and oxygen atoms in total.